The van der Waals surface area contributed by atoms with Gasteiger partial charge in [0.2, 0.25) is 5.91 Å². The monoisotopic (exact) mass is 306 g/mol. The van der Waals surface area contributed by atoms with Crippen LogP contribution in [0.2, 0.25) is 0 Å². The summed E-state index contributed by atoms with van der Waals surface area (Å²) in [5.41, 5.74) is 0. The molecule has 1 heterocycles. The van der Waals surface area contributed by atoms with Crippen molar-refractivity contribution in [1.82, 2.24) is 10.2 Å². The molecular weight excluding hydrogens is 285 g/mol. The van der Waals surface area contributed by atoms with Crippen LogP contribution in [0.15, 0.2) is 0 Å². The summed E-state index contributed by atoms with van der Waals surface area (Å²) < 4.78 is 36.9. The predicted molar refractivity (Wildman–Crippen MR) is 70.4 cm³/mol. The Hall–Kier alpha value is -1.27. The summed E-state index contributed by atoms with van der Waals surface area (Å²) in [6, 6.07) is -0.115. The molecule has 0 spiro atoms. The number of hydrogen-bond donors (Lipinski definition) is 1. The minimum absolute atomic E-state index is 0.0116. The van der Waals surface area contributed by atoms with Gasteiger partial charge in [0, 0.05) is 25.6 Å². The van der Waals surface area contributed by atoms with Gasteiger partial charge in [-0.15, -0.1) is 0 Å². The molecule has 120 valence electrons. The highest BCUT2D eigenvalue weighted by Crippen LogP contribution is 2.27. The van der Waals surface area contributed by atoms with Crippen LogP contribution in [0.5, 0.6) is 0 Å². The minimum atomic E-state index is -4.81. The fourth-order valence-electron chi connectivity index (χ4n) is 3.17. The Kier molecular flexibility index (Phi) is 5.11. The first-order valence-corrected chi connectivity index (χ1v) is 7.51. The first-order chi connectivity index (χ1) is 9.86. The third kappa shape index (κ3) is 4.61. The van der Waals surface area contributed by atoms with Crippen LogP contribution in [0.25, 0.3) is 0 Å². The van der Waals surface area contributed by atoms with Gasteiger partial charge in [-0.3, -0.25) is 9.59 Å². The smallest absolute Gasteiger partial charge is 0.353 e. The van der Waals surface area contributed by atoms with Crippen LogP contribution in [0, 0.1) is 5.92 Å². The number of halogens is 3. The maximum Gasteiger partial charge on any atom is 0.471 e. The van der Waals surface area contributed by atoms with Crippen LogP contribution in [0.1, 0.15) is 44.9 Å². The van der Waals surface area contributed by atoms with Crippen molar-refractivity contribution in [2.24, 2.45) is 5.92 Å². The van der Waals surface area contributed by atoms with E-state index in [1.807, 2.05) is 0 Å². The molecule has 1 aliphatic heterocycles. The van der Waals surface area contributed by atoms with Gasteiger partial charge in [-0.25, -0.2) is 0 Å². The summed E-state index contributed by atoms with van der Waals surface area (Å²) in [4.78, 5) is 23.8. The fourth-order valence-corrected chi connectivity index (χ4v) is 3.17. The Labute approximate surface area is 122 Å². The van der Waals surface area contributed by atoms with Gasteiger partial charge >= 0.3 is 12.1 Å². The van der Waals surface area contributed by atoms with Crippen molar-refractivity contribution in [2.75, 3.05) is 13.1 Å². The van der Waals surface area contributed by atoms with Crippen molar-refractivity contribution in [1.29, 1.82) is 0 Å². The van der Waals surface area contributed by atoms with Gasteiger partial charge in [0.25, 0.3) is 0 Å². The molecule has 1 aliphatic carbocycles. The van der Waals surface area contributed by atoms with E-state index >= 15 is 0 Å². The Morgan fingerprint density at radius 1 is 1.05 bits per heavy atom. The minimum Gasteiger partial charge on any atom is -0.353 e. The standard InChI is InChI=1S/C14H21F3N2O2/c15-14(16,17)13(21)19-7-5-11(6-8-19)18-12(20)9-10-3-1-2-4-10/h10-11H,1-9H2,(H,18,20). The van der Waals surface area contributed by atoms with Crippen LogP contribution < -0.4 is 5.32 Å². The third-order valence-corrected chi connectivity index (χ3v) is 4.34. The van der Waals surface area contributed by atoms with Crippen molar-refractivity contribution in [3.05, 3.63) is 0 Å². The Morgan fingerprint density at radius 2 is 1.62 bits per heavy atom. The summed E-state index contributed by atoms with van der Waals surface area (Å²) in [5, 5.41) is 2.89. The van der Waals surface area contributed by atoms with Crippen molar-refractivity contribution in [3.8, 4) is 0 Å². The maximum atomic E-state index is 12.3. The lowest BCUT2D eigenvalue weighted by atomic mass is 10.0. The molecule has 0 bridgehead atoms. The van der Waals surface area contributed by atoms with Crippen LogP contribution in [-0.2, 0) is 9.59 Å². The number of alkyl halides is 3. The van der Waals surface area contributed by atoms with E-state index in [1.165, 1.54) is 12.8 Å². The lowest BCUT2D eigenvalue weighted by Crippen LogP contribution is -2.50. The number of nitrogens with one attached hydrogen (secondary N) is 1. The number of amides is 2. The molecule has 4 nitrogen and oxygen atoms in total. The number of hydrogen-bond acceptors (Lipinski definition) is 2. The quantitative estimate of drug-likeness (QED) is 0.869. The summed E-state index contributed by atoms with van der Waals surface area (Å²) in [6.45, 7) is 0.0967. The number of carbonyl (C=O) groups excluding carboxylic acids is 2. The Balaban J connectivity index is 1.71. The average molecular weight is 306 g/mol. The molecule has 0 aromatic heterocycles. The zero-order chi connectivity index (χ0) is 15.5. The summed E-state index contributed by atoms with van der Waals surface area (Å²) in [6.07, 6.45) is 1.01. The molecule has 0 aromatic rings. The lowest BCUT2D eigenvalue weighted by Gasteiger charge is -2.32. The molecule has 2 amide bonds. The SMILES string of the molecule is O=C(CC1CCCC1)NC1CCN(C(=O)C(F)(F)F)CC1. The molecule has 7 heteroatoms. The van der Waals surface area contributed by atoms with Crippen LogP contribution in [0.3, 0.4) is 0 Å². The molecule has 1 saturated heterocycles. The number of rotatable bonds is 3. The fraction of sp³-hybridized carbons (Fsp3) is 0.857. The number of carbonyl (C=O) groups is 2. The predicted octanol–water partition coefficient (Wildman–Crippen LogP) is 2.24. The van der Waals surface area contributed by atoms with E-state index in [2.05, 4.69) is 5.32 Å². The van der Waals surface area contributed by atoms with Gasteiger partial charge in [-0.05, 0) is 31.6 Å². The van der Waals surface area contributed by atoms with Crippen LogP contribution in [-0.4, -0.2) is 42.0 Å². The van der Waals surface area contributed by atoms with E-state index < -0.39 is 12.1 Å². The maximum absolute atomic E-state index is 12.3. The van der Waals surface area contributed by atoms with E-state index in [0.717, 1.165) is 17.7 Å². The van der Waals surface area contributed by atoms with Gasteiger partial charge < -0.3 is 10.2 Å². The highest BCUT2D eigenvalue weighted by molar-refractivity contribution is 5.82. The van der Waals surface area contributed by atoms with Gasteiger partial charge in [0.15, 0.2) is 0 Å². The van der Waals surface area contributed by atoms with E-state index in [4.69, 9.17) is 0 Å². The van der Waals surface area contributed by atoms with E-state index in [1.54, 1.807) is 0 Å². The van der Waals surface area contributed by atoms with E-state index in [0.29, 0.717) is 25.2 Å². The highest BCUT2D eigenvalue weighted by Gasteiger charge is 2.43. The molecule has 1 N–H and O–H groups in total. The normalized spacial score (nSPS) is 21.6. The zero-order valence-electron chi connectivity index (χ0n) is 11.9. The molecule has 2 aliphatic rings. The van der Waals surface area contributed by atoms with E-state index in [-0.39, 0.29) is 25.0 Å². The third-order valence-electron chi connectivity index (χ3n) is 4.34. The molecular formula is C14H21F3N2O2. The van der Waals surface area contributed by atoms with Crippen molar-refractivity contribution >= 4 is 11.8 Å². The topological polar surface area (TPSA) is 49.4 Å². The first kappa shape index (κ1) is 16.1. The number of likely N-dealkylation sites (tertiary alicyclic amines) is 1. The Bertz CT molecular complexity index is 384. The molecule has 1 saturated carbocycles. The molecule has 2 fully saturated rings. The van der Waals surface area contributed by atoms with Gasteiger partial charge in [-0.1, -0.05) is 12.8 Å². The first-order valence-electron chi connectivity index (χ1n) is 7.51. The number of piperidine rings is 1. The largest absolute Gasteiger partial charge is 0.471 e. The van der Waals surface area contributed by atoms with Gasteiger partial charge in [0.05, 0.1) is 0 Å². The average Bonchev–Trinajstić information content (AvgIpc) is 2.90. The Morgan fingerprint density at radius 3 is 2.14 bits per heavy atom. The highest BCUT2D eigenvalue weighted by atomic mass is 19.4. The van der Waals surface area contributed by atoms with Crippen molar-refractivity contribution < 1.29 is 22.8 Å². The zero-order valence-corrected chi connectivity index (χ0v) is 11.9. The second kappa shape index (κ2) is 6.66. The molecule has 2 rings (SSSR count). The number of nitrogens with zero attached hydrogens (tertiary/aromatic N) is 1. The van der Waals surface area contributed by atoms with Crippen LogP contribution >= 0.6 is 0 Å². The van der Waals surface area contributed by atoms with Gasteiger partial charge in [-0.2, -0.15) is 13.2 Å². The van der Waals surface area contributed by atoms with Crippen molar-refractivity contribution in [2.45, 2.75) is 57.2 Å². The van der Waals surface area contributed by atoms with E-state index in [9.17, 15) is 22.8 Å². The molecule has 0 aromatic carbocycles. The molecule has 0 radical (unpaired) electrons. The second-order valence-corrected chi connectivity index (χ2v) is 5.99. The van der Waals surface area contributed by atoms with Crippen LogP contribution in [0.4, 0.5) is 13.2 Å². The molecule has 0 unspecified atom stereocenters. The second-order valence-electron chi connectivity index (χ2n) is 5.99. The molecule has 0 atom stereocenters. The lowest BCUT2D eigenvalue weighted by molar-refractivity contribution is -0.186. The summed E-state index contributed by atoms with van der Waals surface area (Å²) in [7, 11) is 0. The summed E-state index contributed by atoms with van der Waals surface area (Å²) >= 11 is 0. The van der Waals surface area contributed by atoms with Crippen molar-refractivity contribution in [3.63, 3.8) is 0 Å². The summed E-state index contributed by atoms with van der Waals surface area (Å²) in [5.74, 6) is -1.34. The van der Waals surface area contributed by atoms with Gasteiger partial charge in [0.1, 0.15) is 0 Å². The molecule has 21 heavy (non-hydrogen) atoms.